The van der Waals surface area contributed by atoms with Crippen LogP contribution in [-0.2, 0) is 4.79 Å². The summed E-state index contributed by atoms with van der Waals surface area (Å²) in [4.78, 5) is 9.57. The van der Waals surface area contributed by atoms with Crippen molar-refractivity contribution in [1.29, 1.82) is 0 Å². The van der Waals surface area contributed by atoms with Gasteiger partial charge in [-0.1, -0.05) is 30.3 Å². The van der Waals surface area contributed by atoms with Crippen LogP contribution in [0.15, 0.2) is 54.3 Å². The highest BCUT2D eigenvalue weighted by Crippen LogP contribution is 2.27. The fraction of sp³-hybridized carbons (Fsp3) is 0.143. The van der Waals surface area contributed by atoms with Crippen LogP contribution in [0.25, 0.3) is 0 Å². The van der Waals surface area contributed by atoms with Crippen LogP contribution in [0.3, 0.4) is 0 Å². The van der Waals surface area contributed by atoms with Crippen LogP contribution in [0, 0.1) is 0 Å². The molecule has 0 aliphatic heterocycles. The van der Waals surface area contributed by atoms with Crippen molar-refractivity contribution >= 4 is 14.2 Å². The number of ether oxygens (including phenoxy) is 1. The molecule has 0 saturated heterocycles. The van der Waals surface area contributed by atoms with E-state index < -0.39 is 12.0 Å². The van der Waals surface area contributed by atoms with Gasteiger partial charge in [0, 0.05) is 0 Å². The molecule has 0 aliphatic carbocycles. The molecule has 1 aromatic carbocycles. The molecule has 100 valence electrons. The lowest BCUT2D eigenvalue weighted by molar-refractivity contribution is -0.138. The van der Waals surface area contributed by atoms with Gasteiger partial charge in [0.05, 0.1) is 0 Å². The molecule has 2 aromatic rings. The molecular formula is C14H16NO3P. The molecule has 0 aliphatic rings. The highest BCUT2D eigenvalue weighted by atomic mass is 31.0. The predicted molar refractivity (Wildman–Crippen MR) is 76.8 cm³/mol. The second-order valence-corrected chi connectivity index (χ2v) is 4.71. The number of carbonyl (C=O) groups is 1. The van der Waals surface area contributed by atoms with Crippen LogP contribution in [0.4, 0.5) is 0 Å². The van der Waals surface area contributed by atoms with Crippen LogP contribution in [-0.4, -0.2) is 17.1 Å². The number of nitrogens with two attached hydrogens (primary N) is 1. The van der Waals surface area contributed by atoms with Gasteiger partial charge in [0.25, 0.3) is 0 Å². The molecule has 0 amide bonds. The van der Waals surface area contributed by atoms with Crippen molar-refractivity contribution in [3.8, 4) is 11.2 Å². The summed E-state index contributed by atoms with van der Waals surface area (Å²) in [5, 5.41) is 7.87. The topological polar surface area (TPSA) is 72.6 Å². The second kappa shape index (κ2) is 8.25. The maximum Gasteiger partial charge on any atom is 0.320 e. The molecule has 4 nitrogen and oxygen atoms in total. The Labute approximate surface area is 113 Å². The van der Waals surface area contributed by atoms with Crippen LogP contribution < -0.4 is 10.5 Å². The number of hydrogen-bond donors (Lipinski definition) is 2. The van der Waals surface area contributed by atoms with Gasteiger partial charge in [-0.25, -0.2) is 0 Å². The third kappa shape index (κ3) is 6.55. The minimum absolute atomic E-state index is 0.731. The highest BCUT2D eigenvalue weighted by molar-refractivity contribution is 7.31. The van der Waals surface area contributed by atoms with Crippen molar-refractivity contribution in [3.63, 3.8) is 0 Å². The standard InChI is InChI=1S/C11H9OP.C3H7NO2/c1-2-6-10(7-3-1)12-11-8-4-5-9-13-11;1-2(4)3(5)6/h1-9H;2H,4H2,1H3,(H,5,6)/t;2-/m.0/s1. The molecule has 0 radical (unpaired) electrons. The first-order chi connectivity index (χ1) is 9.09. The molecular weight excluding hydrogens is 261 g/mol. The first-order valence-corrected chi connectivity index (χ1v) is 6.68. The largest absolute Gasteiger partial charge is 0.480 e. The minimum atomic E-state index is -0.963. The molecule has 0 spiro atoms. The summed E-state index contributed by atoms with van der Waals surface area (Å²) in [6.07, 6.45) is 0. The molecule has 19 heavy (non-hydrogen) atoms. The Kier molecular flexibility index (Phi) is 6.58. The van der Waals surface area contributed by atoms with E-state index in [9.17, 15) is 4.79 Å². The normalized spacial score (nSPS) is 11.3. The monoisotopic (exact) mass is 277 g/mol. The van der Waals surface area contributed by atoms with E-state index in [1.54, 1.807) is 0 Å². The quantitative estimate of drug-likeness (QED) is 0.900. The van der Waals surface area contributed by atoms with Crippen molar-refractivity contribution in [2.45, 2.75) is 13.0 Å². The van der Waals surface area contributed by atoms with Crippen molar-refractivity contribution in [2.24, 2.45) is 5.73 Å². The minimum Gasteiger partial charge on any atom is -0.480 e. The van der Waals surface area contributed by atoms with E-state index >= 15 is 0 Å². The van der Waals surface area contributed by atoms with Gasteiger partial charge in [-0.15, -0.1) is 0 Å². The van der Waals surface area contributed by atoms with E-state index in [1.807, 2.05) is 48.5 Å². The number of hydrogen-bond acceptors (Lipinski definition) is 3. The molecule has 0 unspecified atom stereocenters. The number of benzene rings is 1. The maximum absolute atomic E-state index is 9.57. The van der Waals surface area contributed by atoms with Gasteiger partial charge in [-0.3, -0.25) is 4.79 Å². The van der Waals surface area contributed by atoms with Crippen molar-refractivity contribution < 1.29 is 14.6 Å². The fourth-order valence-electron chi connectivity index (χ4n) is 1.02. The summed E-state index contributed by atoms with van der Waals surface area (Å²) in [5.41, 5.74) is 5.80. The van der Waals surface area contributed by atoms with Crippen LogP contribution in [0.2, 0.25) is 0 Å². The smallest absolute Gasteiger partial charge is 0.320 e. The van der Waals surface area contributed by atoms with E-state index in [2.05, 4.69) is 5.80 Å². The Hall–Kier alpha value is -1.90. The van der Waals surface area contributed by atoms with Crippen LogP contribution in [0.1, 0.15) is 6.92 Å². The number of carboxylic acid groups (broad SMARTS) is 1. The molecule has 0 bridgehead atoms. The van der Waals surface area contributed by atoms with E-state index in [4.69, 9.17) is 15.6 Å². The Morgan fingerprint density at radius 3 is 2.26 bits per heavy atom. The summed E-state index contributed by atoms with van der Waals surface area (Å²) in [5.74, 6) is 1.98. The number of rotatable bonds is 3. The van der Waals surface area contributed by atoms with Gasteiger partial charge < -0.3 is 15.6 Å². The SMILES string of the molecule is C[C@H](N)C(=O)O.c1ccc(Oc2ccccp2)cc1. The van der Waals surface area contributed by atoms with Gasteiger partial charge in [0.15, 0.2) is 5.48 Å². The molecule has 1 aromatic heterocycles. The molecule has 0 saturated carbocycles. The summed E-state index contributed by atoms with van der Waals surface area (Å²) < 4.78 is 5.62. The lowest BCUT2D eigenvalue weighted by atomic mass is 10.3. The van der Waals surface area contributed by atoms with E-state index in [0.717, 1.165) is 19.4 Å². The maximum atomic E-state index is 9.57. The number of aliphatic carboxylic acids is 1. The third-order valence-electron chi connectivity index (χ3n) is 1.99. The molecule has 2 rings (SSSR count). The zero-order chi connectivity index (χ0) is 14.1. The average Bonchev–Trinajstić information content (AvgIpc) is 2.41. The van der Waals surface area contributed by atoms with Crippen molar-refractivity contribution in [2.75, 3.05) is 0 Å². The fourth-order valence-corrected chi connectivity index (χ4v) is 1.68. The van der Waals surface area contributed by atoms with Gasteiger partial charge >= 0.3 is 5.97 Å². The Balaban J connectivity index is 0.000000258. The van der Waals surface area contributed by atoms with Gasteiger partial charge in [0.1, 0.15) is 11.8 Å². The summed E-state index contributed by atoms with van der Waals surface area (Å²) in [7, 11) is 1.12. The predicted octanol–water partition coefficient (Wildman–Crippen LogP) is 3.48. The van der Waals surface area contributed by atoms with Crippen LogP contribution >= 0.6 is 8.19 Å². The summed E-state index contributed by atoms with van der Waals surface area (Å²) in [6, 6.07) is 15.1. The zero-order valence-electron chi connectivity index (χ0n) is 10.6. The number of para-hydroxylation sites is 1. The summed E-state index contributed by atoms with van der Waals surface area (Å²) >= 11 is 0. The van der Waals surface area contributed by atoms with Gasteiger partial charge in [0.2, 0.25) is 0 Å². The van der Waals surface area contributed by atoms with Gasteiger partial charge in [-0.05, 0) is 39.1 Å². The van der Waals surface area contributed by atoms with E-state index in [0.29, 0.717) is 0 Å². The Bertz CT molecular complexity index is 451. The van der Waals surface area contributed by atoms with Crippen molar-refractivity contribution in [3.05, 3.63) is 54.3 Å². The Morgan fingerprint density at radius 2 is 1.79 bits per heavy atom. The summed E-state index contributed by atoms with van der Waals surface area (Å²) in [6.45, 7) is 1.42. The van der Waals surface area contributed by atoms with Crippen molar-refractivity contribution in [1.82, 2.24) is 0 Å². The zero-order valence-corrected chi connectivity index (χ0v) is 11.5. The molecule has 1 atom stereocenters. The number of carboxylic acids is 1. The first kappa shape index (κ1) is 15.2. The molecule has 1 heterocycles. The first-order valence-electron chi connectivity index (χ1n) is 5.72. The van der Waals surface area contributed by atoms with E-state index in [-0.39, 0.29) is 0 Å². The lowest BCUT2D eigenvalue weighted by Crippen LogP contribution is -2.25. The third-order valence-corrected chi connectivity index (χ3v) is 2.81. The lowest BCUT2D eigenvalue weighted by Gasteiger charge is -2.02. The molecule has 3 N–H and O–H groups in total. The van der Waals surface area contributed by atoms with E-state index in [1.165, 1.54) is 6.92 Å². The van der Waals surface area contributed by atoms with Crippen LogP contribution in [0.5, 0.6) is 11.2 Å². The average molecular weight is 277 g/mol. The molecule has 0 fully saturated rings. The highest BCUT2D eigenvalue weighted by Gasteiger charge is 1.99. The molecule has 5 heteroatoms. The van der Waals surface area contributed by atoms with Gasteiger partial charge in [-0.2, -0.15) is 0 Å². The second-order valence-electron chi connectivity index (χ2n) is 3.71. The Morgan fingerprint density at radius 1 is 1.21 bits per heavy atom.